The summed E-state index contributed by atoms with van der Waals surface area (Å²) in [4.78, 5) is 23.1. The number of aromatic nitrogens is 2. The predicted octanol–water partition coefficient (Wildman–Crippen LogP) is 2.73. The van der Waals surface area contributed by atoms with Crippen LogP contribution in [0.25, 0.3) is 0 Å². The fourth-order valence-electron chi connectivity index (χ4n) is 3.08. The molecule has 3 rings (SSSR count). The average molecular weight is 340 g/mol. The summed E-state index contributed by atoms with van der Waals surface area (Å²) in [6.07, 6.45) is 7.40. The highest BCUT2D eigenvalue weighted by Crippen LogP contribution is 2.21. The van der Waals surface area contributed by atoms with Gasteiger partial charge in [-0.25, -0.2) is 4.98 Å². The van der Waals surface area contributed by atoms with Crippen LogP contribution in [0.2, 0.25) is 0 Å². The molecule has 1 amide bonds. The van der Waals surface area contributed by atoms with Gasteiger partial charge in [-0.05, 0) is 49.6 Å². The van der Waals surface area contributed by atoms with Gasteiger partial charge in [0.05, 0.1) is 6.20 Å². The molecule has 1 aliphatic rings. The zero-order chi connectivity index (χ0) is 17.5. The lowest BCUT2D eigenvalue weighted by Gasteiger charge is -2.30. The van der Waals surface area contributed by atoms with Crippen LogP contribution in [0.4, 0.5) is 0 Å². The minimum absolute atomic E-state index is 0.169. The molecule has 0 radical (unpaired) electrons. The second kappa shape index (κ2) is 8.58. The van der Waals surface area contributed by atoms with Crippen molar-refractivity contribution >= 4 is 5.91 Å². The maximum absolute atomic E-state index is 12.5. The van der Waals surface area contributed by atoms with Crippen molar-refractivity contribution in [3.8, 4) is 11.6 Å². The molecule has 132 valence electrons. The number of rotatable bonds is 6. The van der Waals surface area contributed by atoms with Crippen molar-refractivity contribution in [3.63, 3.8) is 0 Å². The van der Waals surface area contributed by atoms with Gasteiger partial charge >= 0.3 is 0 Å². The Morgan fingerprint density at radius 3 is 3.04 bits per heavy atom. The average Bonchev–Trinajstić information content (AvgIpc) is 2.63. The minimum Gasteiger partial charge on any atom is -0.437 e. The van der Waals surface area contributed by atoms with Gasteiger partial charge in [-0.15, -0.1) is 0 Å². The van der Waals surface area contributed by atoms with Gasteiger partial charge in [-0.1, -0.05) is 6.92 Å². The lowest BCUT2D eigenvalue weighted by Crippen LogP contribution is -2.40. The first-order valence-electron chi connectivity index (χ1n) is 8.76. The number of carbonyl (C=O) groups is 1. The van der Waals surface area contributed by atoms with E-state index in [1.807, 2.05) is 0 Å². The molecule has 0 saturated carbocycles. The predicted molar refractivity (Wildman–Crippen MR) is 95.7 cm³/mol. The lowest BCUT2D eigenvalue weighted by atomic mass is 10.0. The van der Waals surface area contributed by atoms with Crippen molar-refractivity contribution in [2.45, 2.75) is 19.8 Å². The summed E-state index contributed by atoms with van der Waals surface area (Å²) in [6, 6.07) is 7.01. The smallest absolute Gasteiger partial charge is 0.256 e. The van der Waals surface area contributed by atoms with E-state index in [2.05, 4.69) is 27.1 Å². The number of hydrogen-bond acceptors (Lipinski definition) is 5. The minimum atomic E-state index is -0.169. The van der Waals surface area contributed by atoms with Crippen LogP contribution in [0.15, 0.2) is 42.9 Å². The van der Waals surface area contributed by atoms with Crippen LogP contribution in [0, 0.1) is 5.92 Å². The molecule has 1 aliphatic heterocycles. The number of likely N-dealkylation sites (tertiary alicyclic amines) is 1. The van der Waals surface area contributed by atoms with E-state index in [0.29, 0.717) is 23.7 Å². The van der Waals surface area contributed by atoms with Gasteiger partial charge in [0.1, 0.15) is 11.3 Å². The van der Waals surface area contributed by atoms with Crippen LogP contribution in [-0.4, -0.2) is 47.0 Å². The first-order valence-corrected chi connectivity index (χ1v) is 8.76. The molecule has 6 nitrogen and oxygen atoms in total. The molecule has 1 fully saturated rings. The Balaban J connectivity index is 1.56. The summed E-state index contributed by atoms with van der Waals surface area (Å²) < 4.78 is 5.70. The first-order chi connectivity index (χ1) is 12.2. The molecular formula is C19H24N4O2. The van der Waals surface area contributed by atoms with E-state index in [0.717, 1.165) is 25.6 Å². The Kier molecular flexibility index (Phi) is 5.95. The van der Waals surface area contributed by atoms with Crippen molar-refractivity contribution in [1.29, 1.82) is 0 Å². The molecule has 2 aromatic rings. The fourth-order valence-corrected chi connectivity index (χ4v) is 3.08. The number of piperidine rings is 1. The number of pyridine rings is 2. The van der Waals surface area contributed by atoms with Crippen LogP contribution >= 0.6 is 0 Å². The molecule has 0 spiro atoms. The van der Waals surface area contributed by atoms with Gasteiger partial charge in [0.2, 0.25) is 5.88 Å². The molecule has 6 heteroatoms. The Labute approximate surface area is 148 Å². The molecule has 0 bridgehead atoms. The van der Waals surface area contributed by atoms with Gasteiger partial charge < -0.3 is 15.0 Å². The standard InChI is InChI=1S/C19H24N4O2/c1-15-5-4-11-23(14-15)12-10-21-18(24)17-7-3-9-22-19(17)25-16-6-2-8-20-13-16/h2-3,6-9,13,15H,4-5,10-12,14H2,1H3,(H,21,24)/t15-/m1/s1. The second-order valence-electron chi connectivity index (χ2n) is 6.45. The van der Waals surface area contributed by atoms with Crippen molar-refractivity contribution < 1.29 is 9.53 Å². The third-order valence-electron chi connectivity index (χ3n) is 4.32. The summed E-state index contributed by atoms with van der Waals surface area (Å²) in [5.74, 6) is 1.41. The number of carbonyl (C=O) groups excluding carboxylic acids is 1. The molecule has 0 unspecified atom stereocenters. The Morgan fingerprint density at radius 1 is 1.36 bits per heavy atom. The van der Waals surface area contributed by atoms with Gasteiger partial charge in [0.15, 0.2) is 0 Å². The summed E-state index contributed by atoms with van der Waals surface area (Å²) in [7, 11) is 0. The Hall–Kier alpha value is -2.47. The zero-order valence-corrected chi connectivity index (χ0v) is 14.5. The largest absolute Gasteiger partial charge is 0.437 e. The van der Waals surface area contributed by atoms with Crippen LogP contribution in [0.5, 0.6) is 11.6 Å². The normalized spacial score (nSPS) is 17.9. The molecule has 2 aromatic heterocycles. The van der Waals surface area contributed by atoms with Crippen LogP contribution in [0.3, 0.4) is 0 Å². The van der Waals surface area contributed by atoms with Crippen molar-refractivity contribution in [2.75, 3.05) is 26.2 Å². The second-order valence-corrected chi connectivity index (χ2v) is 6.45. The number of amides is 1. The zero-order valence-electron chi connectivity index (χ0n) is 14.5. The third kappa shape index (κ3) is 5.00. The van der Waals surface area contributed by atoms with E-state index in [1.54, 1.807) is 42.9 Å². The first kappa shape index (κ1) is 17.4. The number of ether oxygens (including phenoxy) is 1. The van der Waals surface area contributed by atoms with E-state index >= 15 is 0 Å². The maximum Gasteiger partial charge on any atom is 0.256 e. The molecule has 0 aromatic carbocycles. The molecule has 1 atom stereocenters. The number of hydrogen-bond donors (Lipinski definition) is 1. The third-order valence-corrected chi connectivity index (χ3v) is 4.32. The van der Waals surface area contributed by atoms with Gasteiger partial charge in [0.25, 0.3) is 5.91 Å². The van der Waals surface area contributed by atoms with E-state index in [-0.39, 0.29) is 5.91 Å². The highest BCUT2D eigenvalue weighted by Gasteiger charge is 2.17. The van der Waals surface area contributed by atoms with Crippen molar-refractivity contribution in [3.05, 3.63) is 48.4 Å². The van der Waals surface area contributed by atoms with Crippen molar-refractivity contribution in [2.24, 2.45) is 5.92 Å². The summed E-state index contributed by atoms with van der Waals surface area (Å²) >= 11 is 0. The van der Waals surface area contributed by atoms with Gasteiger partial charge in [-0.2, -0.15) is 0 Å². The molecule has 3 heterocycles. The van der Waals surface area contributed by atoms with Crippen molar-refractivity contribution in [1.82, 2.24) is 20.2 Å². The van der Waals surface area contributed by atoms with Crippen LogP contribution in [-0.2, 0) is 0 Å². The Morgan fingerprint density at radius 2 is 2.24 bits per heavy atom. The van der Waals surface area contributed by atoms with Crippen LogP contribution < -0.4 is 10.1 Å². The highest BCUT2D eigenvalue weighted by atomic mass is 16.5. The monoisotopic (exact) mass is 340 g/mol. The van der Waals surface area contributed by atoms with Gasteiger partial charge in [-0.3, -0.25) is 9.78 Å². The quantitative estimate of drug-likeness (QED) is 0.876. The SMILES string of the molecule is C[C@@H]1CCCN(CCNC(=O)c2cccnc2Oc2cccnc2)C1. The summed E-state index contributed by atoms with van der Waals surface area (Å²) in [5, 5.41) is 2.97. The molecule has 1 N–H and O–H groups in total. The highest BCUT2D eigenvalue weighted by molar-refractivity contribution is 5.96. The van der Waals surface area contributed by atoms with E-state index in [9.17, 15) is 4.79 Å². The van der Waals surface area contributed by atoms with Gasteiger partial charge in [0, 0.05) is 32.0 Å². The summed E-state index contributed by atoms with van der Waals surface area (Å²) in [5.41, 5.74) is 0.429. The topological polar surface area (TPSA) is 67.4 Å². The van der Waals surface area contributed by atoms with E-state index in [1.165, 1.54) is 12.8 Å². The van der Waals surface area contributed by atoms with E-state index < -0.39 is 0 Å². The fraction of sp³-hybridized carbons (Fsp3) is 0.421. The van der Waals surface area contributed by atoms with Crippen LogP contribution in [0.1, 0.15) is 30.1 Å². The van der Waals surface area contributed by atoms with E-state index in [4.69, 9.17) is 4.74 Å². The molecular weight excluding hydrogens is 316 g/mol. The Bertz CT molecular complexity index is 693. The lowest BCUT2D eigenvalue weighted by molar-refractivity contribution is 0.0941. The number of nitrogens with one attached hydrogen (secondary N) is 1. The summed E-state index contributed by atoms with van der Waals surface area (Å²) in [6.45, 7) is 5.99. The maximum atomic E-state index is 12.5. The molecule has 0 aliphatic carbocycles. The molecule has 1 saturated heterocycles. The molecule has 25 heavy (non-hydrogen) atoms. The number of nitrogens with zero attached hydrogens (tertiary/aromatic N) is 3.